The molecule has 0 bridgehead atoms. The zero-order chi connectivity index (χ0) is 10.7. The molecule has 0 unspecified atom stereocenters. The summed E-state index contributed by atoms with van der Waals surface area (Å²) < 4.78 is 5.67. The molecule has 0 radical (unpaired) electrons. The third-order valence-electron chi connectivity index (χ3n) is 2.52. The average Bonchev–Trinajstić information content (AvgIpc) is 1.98. The Bertz CT molecular complexity index is 197. The van der Waals surface area contributed by atoms with Gasteiger partial charge in [-0.15, -0.1) is 0 Å². The molecule has 0 amide bonds. The molecule has 0 aliphatic carbocycles. The van der Waals surface area contributed by atoms with Gasteiger partial charge < -0.3 is 15.4 Å². The van der Waals surface area contributed by atoms with Gasteiger partial charge in [0, 0.05) is 0 Å². The highest BCUT2D eigenvalue weighted by atomic mass is 28.4. The van der Waals surface area contributed by atoms with Crippen LogP contribution in [0.5, 0.6) is 0 Å². The molecule has 0 aliphatic rings. The fourth-order valence-electron chi connectivity index (χ4n) is 0.500. The van der Waals surface area contributed by atoms with E-state index in [1.165, 1.54) is 0 Å². The molecule has 0 fully saturated rings. The Hall–Kier alpha value is -0.553. The van der Waals surface area contributed by atoms with Gasteiger partial charge in [-0.3, -0.25) is 0 Å². The van der Waals surface area contributed by atoms with Crippen molar-refractivity contribution in [1.82, 2.24) is 0 Å². The first-order valence-corrected chi connectivity index (χ1v) is 7.22. The SMILES string of the molecule is CC(C)(C)[Si](C)(C)OCC(N)=NO. The fourth-order valence-corrected chi connectivity index (χ4v) is 1.44. The Labute approximate surface area is 80.9 Å². The predicted octanol–water partition coefficient (Wildman–Crippen LogP) is 1.75. The summed E-state index contributed by atoms with van der Waals surface area (Å²) >= 11 is 0. The molecule has 0 atom stereocenters. The number of nitrogens with two attached hydrogens (primary N) is 1. The molecule has 13 heavy (non-hydrogen) atoms. The lowest BCUT2D eigenvalue weighted by Crippen LogP contribution is -2.43. The maximum absolute atomic E-state index is 8.33. The smallest absolute Gasteiger partial charge is 0.192 e. The highest BCUT2D eigenvalue weighted by Gasteiger charge is 2.37. The van der Waals surface area contributed by atoms with Crippen LogP contribution in [-0.2, 0) is 4.43 Å². The molecule has 0 aromatic carbocycles. The first-order chi connectivity index (χ1) is 5.70. The minimum absolute atomic E-state index is 0.129. The summed E-state index contributed by atoms with van der Waals surface area (Å²) in [4.78, 5) is 0. The van der Waals surface area contributed by atoms with E-state index in [1.54, 1.807) is 0 Å². The van der Waals surface area contributed by atoms with Gasteiger partial charge in [-0.1, -0.05) is 25.9 Å². The van der Waals surface area contributed by atoms with E-state index in [0.717, 1.165) is 0 Å². The van der Waals surface area contributed by atoms with Gasteiger partial charge in [-0.25, -0.2) is 0 Å². The average molecular weight is 204 g/mol. The summed E-state index contributed by atoms with van der Waals surface area (Å²) in [5.41, 5.74) is 5.32. The van der Waals surface area contributed by atoms with Gasteiger partial charge in [-0.05, 0) is 18.1 Å². The van der Waals surface area contributed by atoms with Crippen molar-refractivity contribution in [2.45, 2.75) is 38.9 Å². The lowest BCUT2D eigenvalue weighted by atomic mass is 10.2. The molecular weight excluding hydrogens is 184 g/mol. The monoisotopic (exact) mass is 204 g/mol. The third-order valence-corrected chi connectivity index (χ3v) is 6.99. The largest absolute Gasteiger partial charge is 0.409 e. The Morgan fingerprint density at radius 2 is 1.92 bits per heavy atom. The molecule has 0 saturated carbocycles. The molecule has 0 aromatic rings. The van der Waals surface area contributed by atoms with Crippen LogP contribution in [0, 0.1) is 0 Å². The maximum Gasteiger partial charge on any atom is 0.192 e. The van der Waals surface area contributed by atoms with Gasteiger partial charge in [0.1, 0.15) is 0 Å². The molecule has 3 N–H and O–H groups in total. The van der Waals surface area contributed by atoms with Crippen molar-refractivity contribution in [1.29, 1.82) is 0 Å². The highest BCUT2D eigenvalue weighted by molar-refractivity contribution is 6.74. The third kappa shape index (κ3) is 3.78. The van der Waals surface area contributed by atoms with Crippen molar-refractivity contribution in [3.8, 4) is 0 Å². The Balaban J connectivity index is 4.20. The molecule has 0 aliphatic heterocycles. The number of amidine groups is 1. The molecule has 0 spiro atoms. The van der Waals surface area contributed by atoms with Crippen LogP contribution >= 0.6 is 0 Å². The molecular formula is C8H20N2O2Si. The Morgan fingerprint density at radius 1 is 1.46 bits per heavy atom. The van der Waals surface area contributed by atoms with Gasteiger partial charge in [-0.2, -0.15) is 0 Å². The van der Waals surface area contributed by atoms with E-state index in [2.05, 4.69) is 39.0 Å². The van der Waals surface area contributed by atoms with Crippen molar-refractivity contribution in [3.05, 3.63) is 0 Å². The van der Waals surface area contributed by atoms with Crippen molar-refractivity contribution < 1.29 is 9.63 Å². The summed E-state index contributed by atoms with van der Waals surface area (Å²) in [6.07, 6.45) is 0. The van der Waals surface area contributed by atoms with Crippen LogP contribution < -0.4 is 5.73 Å². The van der Waals surface area contributed by atoms with Gasteiger partial charge in [0.25, 0.3) is 0 Å². The number of nitrogens with zero attached hydrogens (tertiary/aromatic N) is 1. The second-order valence-corrected chi connectivity index (χ2v) is 9.45. The zero-order valence-corrected chi connectivity index (χ0v) is 10.1. The van der Waals surface area contributed by atoms with E-state index < -0.39 is 8.32 Å². The number of rotatable bonds is 3. The van der Waals surface area contributed by atoms with E-state index in [1.807, 2.05) is 0 Å². The molecule has 0 saturated heterocycles. The Morgan fingerprint density at radius 3 is 2.23 bits per heavy atom. The van der Waals surface area contributed by atoms with Crippen molar-refractivity contribution >= 4 is 14.2 Å². The van der Waals surface area contributed by atoms with Crippen molar-refractivity contribution in [2.24, 2.45) is 10.9 Å². The van der Waals surface area contributed by atoms with Crippen LogP contribution in [0.2, 0.25) is 18.1 Å². The molecule has 5 heteroatoms. The van der Waals surface area contributed by atoms with Crippen molar-refractivity contribution in [2.75, 3.05) is 6.61 Å². The highest BCUT2D eigenvalue weighted by Crippen LogP contribution is 2.36. The van der Waals surface area contributed by atoms with Gasteiger partial charge in [0.15, 0.2) is 14.2 Å². The Kier molecular flexibility index (Phi) is 3.93. The van der Waals surface area contributed by atoms with Crippen LogP contribution in [0.25, 0.3) is 0 Å². The number of oxime groups is 1. The summed E-state index contributed by atoms with van der Waals surface area (Å²) in [5.74, 6) is 0.129. The molecule has 0 aromatic heterocycles. The molecule has 0 heterocycles. The summed E-state index contributed by atoms with van der Waals surface area (Å²) in [6.45, 7) is 10.9. The minimum Gasteiger partial charge on any atom is -0.409 e. The van der Waals surface area contributed by atoms with E-state index in [4.69, 9.17) is 15.4 Å². The zero-order valence-electron chi connectivity index (χ0n) is 9.09. The first-order valence-electron chi connectivity index (χ1n) is 4.31. The summed E-state index contributed by atoms with van der Waals surface area (Å²) in [5, 5.41) is 11.4. The van der Waals surface area contributed by atoms with Gasteiger partial charge in [0.05, 0.1) is 6.61 Å². The molecule has 4 nitrogen and oxygen atoms in total. The van der Waals surface area contributed by atoms with E-state index in [-0.39, 0.29) is 17.5 Å². The van der Waals surface area contributed by atoms with Crippen LogP contribution in [0.1, 0.15) is 20.8 Å². The van der Waals surface area contributed by atoms with Crippen LogP contribution in [0.15, 0.2) is 5.16 Å². The lowest BCUT2D eigenvalue weighted by molar-refractivity contribution is 0.299. The van der Waals surface area contributed by atoms with Gasteiger partial charge in [0.2, 0.25) is 0 Å². The van der Waals surface area contributed by atoms with Crippen molar-refractivity contribution in [3.63, 3.8) is 0 Å². The molecule has 78 valence electrons. The van der Waals surface area contributed by atoms with E-state index in [9.17, 15) is 0 Å². The topological polar surface area (TPSA) is 67.8 Å². The predicted molar refractivity (Wildman–Crippen MR) is 56.6 cm³/mol. The fraction of sp³-hybridized carbons (Fsp3) is 0.875. The van der Waals surface area contributed by atoms with Crippen LogP contribution in [0.4, 0.5) is 0 Å². The number of hydrogen-bond acceptors (Lipinski definition) is 3. The summed E-state index contributed by atoms with van der Waals surface area (Å²) in [7, 11) is -1.76. The standard InChI is InChI=1S/C8H20N2O2Si/c1-8(2,3)13(4,5)12-6-7(9)10-11/h11H,6H2,1-5H3,(H2,9,10). The van der Waals surface area contributed by atoms with Crippen LogP contribution in [-0.4, -0.2) is 26.0 Å². The maximum atomic E-state index is 8.33. The number of hydrogen-bond donors (Lipinski definition) is 2. The lowest BCUT2D eigenvalue weighted by Gasteiger charge is -2.35. The molecule has 0 rings (SSSR count). The second-order valence-electron chi connectivity index (χ2n) is 4.64. The van der Waals surface area contributed by atoms with Crippen LogP contribution in [0.3, 0.4) is 0 Å². The van der Waals surface area contributed by atoms with E-state index in [0.29, 0.717) is 0 Å². The first kappa shape index (κ1) is 12.4. The second kappa shape index (κ2) is 4.10. The minimum atomic E-state index is -1.76. The normalized spacial score (nSPS) is 14.7. The van der Waals surface area contributed by atoms with E-state index >= 15 is 0 Å². The van der Waals surface area contributed by atoms with Gasteiger partial charge >= 0.3 is 0 Å². The summed E-state index contributed by atoms with van der Waals surface area (Å²) in [6, 6.07) is 0. The quantitative estimate of drug-likeness (QED) is 0.242.